The van der Waals surface area contributed by atoms with Gasteiger partial charge in [-0.2, -0.15) is 13.2 Å². The van der Waals surface area contributed by atoms with E-state index in [1.54, 1.807) is 6.20 Å². The van der Waals surface area contributed by atoms with Crippen molar-refractivity contribution in [3.8, 4) is 11.1 Å². The third kappa shape index (κ3) is 6.80. The van der Waals surface area contributed by atoms with Gasteiger partial charge in [0.1, 0.15) is 11.7 Å². The lowest BCUT2D eigenvalue weighted by molar-refractivity contribution is -0.124. The molecular formula is C28H30F4N6O3. The molecule has 1 aromatic carbocycles. The predicted octanol–water partition coefficient (Wildman–Crippen LogP) is 3.13. The summed E-state index contributed by atoms with van der Waals surface area (Å²) in [4.78, 5) is 38.6. The molecular weight excluding hydrogens is 544 g/mol. The maximum absolute atomic E-state index is 15.7. The maximum atomic E-state index is 15.7. The molecule has 9 nitrogen and oxygen atoms in total. The zero-order valence-corrected chi connectivity index (χ0v) is 22.5. The van der Waals surface area contributed by atoms with E-state index >= 15 is 4.39 Å². The average Bonchev–Trinajstić information content (AvgIpc) is 2.94. The summed E-state index contributed by atoms with van der Waals surface area (Å²) in [5, 5.41) is 2.58. The molecule has 41 heavy (non-hydrogen) atoms. The Labute approximate surface area is 234 Å². The molecule has 0 spiro atoms. The number of carbonyl (C=O) groups is 2. The molecule has 2 amide bonds. The van der Waals surface area contributed by atoms with Crippen LogP contribution in [0.3, 0.4) is 0 Å². The number of aromatic nitrogens is 1. The molecule has 1 atom stereocenters. The lowest BCUT2D eigenvalue weighted by Gasteiger charge is -2.35. The van der Waals surface area contributed by atoms with E-state index in [2.05, 4.69) is 25.1 Å². The van der Waals surface area contributed by atoms with Gasteiger partial charge in [-0.3, -0.25) is 19.5 Å². The summed E-state index contributed by atoms with van der Waals surface area (Å²) >= 11 is 0. The Hall–Kier alpha value is -3.68. The van der Waals surface area contributed by atoms with Gasteiger partial charge in [-0.15, -0.1) is 0 Å². The van der Waals surface area contributed by atoms with E-state index in [-0.39, 0.29) is 11.3 Å². The highest BCUT2D eigenvalue weighted by Gasteiger charge is 2.43. The molecule has 2 fully saturated rings. The first-order chi connectivity index (χ1) is 19.6. The SMILES string of the molecule is CN1CCN(c2cc(F)c(-c3cncc(CN4CCOCC4)c3)cc2NC(=O)C2C=NC(=O)C=C2C(F)(F)F)CC1. The van der Waals surface area contributed by atoms with Crippen molar-refractivity contribution in [3.05, 3.63) is 53.6 Å². The second-order valence-corrected chi connectivity index (χ2v) is 10.3. The van der Waals surface area contributed by atoms with Gasteiger partial charge in [0, 0.05) is 81.6 Å². The van der Waals surface area contributed by atoms with Crippen LogP contribution in [0.4, 0.5) is 28.9 Å². The molecule has 2 saturated heterocycles. The minimum atomic E-state index is -4.91. The summed E-state index contributed by atoms with van der Waals surface area (Å²) in [6, 6.07) is 4.54. The fraction of sp³-hybridized carbons (Fsp3) is 0.429. The van der Waals surface area contributed by atoms with E-state index in [9.17, 15) is 22.8 Å². The molecule has 0 radical (unpaired) electrons. The Balaban J connectivity index is 1.48. The monoisotopic (exact) mass is 574 g/mol. The van der Waals surface area contributed by atoms with Gasteiger partial charge in [0.15, 0.2) is 0 Å². The van der Waals surface area contributed by atoms with Crippen LogP contribution in [0.25, 0.3) is 11.1 Å². The van der Waals surface area contributed by atoms with Gasteiger partial charge in [0.2, 0.25) is 5.91 Å². The number of rotatable bonds is 6. The normalized spacial score (nSPS) is 20.7. The molecule has 1 aromatic heterocycles. The van der Waals surface area contributed by atoms with Crippen molar-refractivity contribution in [2.45, 2.75) is 12.7 Å². The van der Waals surface area contributed by atoms with Crippen LogP contribution in [0.2, 0.25) is 0 Å². The number of carbonyl (C=O) groups excluding carboxylic acids is 2. The summed E-state index contributed by atoms with van der Waals surface area (Å²) in [5.74, 6) is -4.51. The summed E-state index contributed by atoms with van der Waals surface area (Å²) in [5.41, 5.74) is 0.676. The van der Waals surface area contributed by atoms with Gasteiger partial charge in [-0.25, -0.2) is 9.38 Å². The summed E-state index contributed by atoms with van der Waals surface area (Å²) in [6.45, 7) is 5.81. The van der Waals surface area contributed by atoms with Crippen molar-refractivity contribution in [2.24, 2.45) is 10.9 Å². The smallest absolute Gasteiger partial charge is 0.379 e. The first kappa shape index (κ1) is 28.8. The van der Waals surface area contributed by atoms with Gasteiger partial charge in [-0.1, -0.05) is 0 Å². The molecule has 3 aliphatic rings. The highest BCUT2D eigenvalue weighted by atomic mass is 19.4. The molecule has 0 bridgehead atoms. The van der Waals surface area contributed by atoms with Gasteiger partial charge in [0.05, 0.1) is 30.2 Å². The Morgan fingerprint density at radius 1 is 1.07 bits per heavy atom. The largest absolute Gasteiger partial charge is 0.414 e. The molecule has 4 heterocycles. The number of likely N-dealkylation sites (N-methyl/N-ethyl adjacent to an activating group) is 1. The van der Waals surface area contributed by atoms with Crippen LogP contribution in [0.15, 0.2) is 47.2 Å². The van der Waals surface area contributed by atoms with Crippen LogP contribution in [0, 0.1) is 11.7 Å². The third-order valence-corrected chi connectivity index (χ3v) is 7.38. The number of halogens is 4. The first-order valence-electron chi connectivity index (χ1n) is 13.3. The number of anilines is 2. The minimum absolute atomic E-state index is 0.147. The second kappa shape index (κ2) is 12.0. The first-order valence-corrected chi connectivity index (χ1v) is 13.3. The van der Waals surface area contributed by atoms with Crippen LogP contribution < -0.4 is 10.2 Å². The van der Waals surface area contributed by atoms with E-state index in [1.807, 2.05) is 18.0 Å². The summed E-state index contributed by atoms with van der Waals surface area (Å²) in [7, 11) is 1.95. The van der Waals surface area contributed by atoms with Gasteiger partial charge in [-0.05, 0) is 30.8 Å². The van der Waals surface area contributed by atoms with Crippen molar-refractivity contribution in [1.82, 2.24) is 14.8 Å². The number of nitrogens with zero attached hydrogens (tertiary/aromatic N) is 5. The Morgan fingerprint density at radius 3 is 2.51 bits per heavy atom. The van der Waals surface area contributed by atoms with E-state index in [0.717, 1.165) is 18.7 Å². The lowest BCUT2D eigenvalue weighted by Crippen LogP contribution is -2.45. The minimum Gasteiger partial charge on any atom is -0.379 e. The zero-order valence-electron chi connectivity index (χ0n) is 22.5. The van der Waals surface area contributed by atoms with Crippen LogP contribution >= 0.6 is 0 Å². The van der Waals surface area contributed by atoms with Crippen molar-refractivity contribution in [2.75, 3.05) is 69.7 Å². The topological polar surface area (TPSA) is 90.4 Å². The number of benzene rings is 1. The van der Waals surface area contributed by atoms with Gasteiger partial charge in [0.25, 0.3) is 5.91 Å². The highest BCUT2D eigenvalue weighted by Crippen LogP contribution is 2.37. The number of dihydropyridines is 1. The Bertz CT molecular complexity index is 1370. The van der Waals surface area contributed by atoms with E-state index in [4.69, 9.17) is 4.74 Å². The fourth-order valence-corrected chi connectivity index (χ4v) is 5.10. The third-order valence-electron chi connectivity index (χ3n) is 7.38. The lowest BCUT2D eigenvalue weighted by atomic mass is 9.95. The van der Waals surface area contributed by atoms with Gasteiger partial charge < -0.3 is 19.9 Å². The molecule has 2 aromatic rings. The molecule has 1 unspecified atom stereocenters. The molecule has 218 valence electrons. The van der Waals surface area contributed by atoms with Crippen LogP contribution in [-0.2, 0) is 20.9 Å². The Kier molecular flexibility index (Phi) is 8.47. The number of alkyl halides is 3. The van der Waals surface area contributed by atoms with Crippen molar-refractivity contribution in [1.29, 1.82) is 0 Å². The standard InChI is InChI=1S/C28H30F4N6O3/c1-36-2-4-38(5-3-36)25-13-23(29)20(19-10-18(14-33-15-19)17-37-6-8-41-9-7-37)11-24(25)35-27(40)21-16-34-26(39)12-22(21)28(30,31)32/h10-16,21H,2-9,17H2,1H3,(H,35,40). The van der Waals surface area contributed by atoms with Crippen molar-refractivity contribution in [3.63, 3.8) is 0 Å². The molecule has 0 aliphatic carbocycles. The fourth-order valence-electron chi connectivity index (χ4n) is 5.10. The molecule has 3 aliphatic heterocycles. The number of ether oxygens (including phenoxy) is 1. The number of pyridine rings is 1. The van der Waals surface area contributed by atoms with Crippen LogP contribution in [0.1, 0.15) is 5.56 Å². The van der Waals surface area contributed by atoms with E-state index in [1.165, 1.54) is 18.3 Å². The number of nitrogens with one attached hydrogen (secondary N) is 1. The maximum Gasteiger partial charge on any atom is 0.414 e. The zero-order chi connectivity index (χ0) is 29.1. The van der Waals surface area contributed by atoms with Crippen molar-refractivity contribution < 1.29 is 31.9 Å². The second-order valence-electron chi connectivity index (χ2n) is 10.3. The summed E-state index contributed by atoms with van der Waals surface area (Å²) < 4.78 is 62.1. The number of hydrogen-bond acceptors (Lipinski definition) is 7. The number of aliphatic imine (C=N–C) groups is 1. The Morgan fingerprint density at radius 2 is 1.80 bits per heavy atom. The molecule has 13 heteroatoms. The van der Waals surface area contributed by atoms with E-state index < -0.39 is 35.3 Å². The number of amides is 2. The summed E-state index contributed by atoms with van der Waals surface area (Å²) in [6.07, 6.45) is -0.684. The average molecular weight is 575 g/mol. The van der Waals surface area contributed by atoms with Crippen molar-refractivity contribution >= 4 is 29.4 Å². The van der Waals surface area contributed by atoms with Gasteiger partial charge >= 0.3 is 6.18 Å². The molecule has 5 rings (SSSR count). The quantitative estimate of drug-likeness (QED) is 0.531. The molecule has 1 N–H and O–H groups in total. The van der Waals surface area contributed by atoms with Crippen LogP contribution in [-0.4, -0.2) is 98.5 Å². The van der Waals surface area contributed by atoms with E-state index in [0.29, 0.717) is 69.5 Å². The number of hydrogen-bond donors (Lipinski definition) is 1. The number of piperazine rings is 1. The molecule has 0 saturated carbocycles. The highest BCUT2D eigenvalue weighted by molar-refractivity contribution is 6.11. The predicted molar refractivity (Wildman–Crippen MR) is 145 cm³/mol. The van der Waals surface area contributed by atoms with Crippen LogP contribution in [0.5, 0.6) is 0 Å². The number of morpholine rings is 1.